The molecule has 0 aromatic heterocycles. The van der Waals surface area contributed by atoms with Crippen LogP contribution in [-0.4, -0.2) is 25.7 Å². The van der Waals surface area contributed by atoms with E-state index in [0.717, 1.165) is 0 Å². The van der Waals surface area contributed by atoms with Crippen molar-refractivity contribution >= 4 is 11.9 Å². The maximum absolute atomic E-state index is 11.0. The molecule has 0 radical (unpaired) electrons. The first-order chi connectivity index (χ1) is 6.19. The third-order valence-corrected chi connectivity index (χ3v) is 1.88. The Hall–Kier alpha value is -1.32. The lowest BCUT2D eigenvalue weighted by atomic mass is 9.86. The summed E-state index contributed by atoms with van der Waals surface area (Å²) in [6, 6.07) is 0. The van der Waals surface area contributed by atoms with Crippen LogP contribution in [0.25, 0.3) is 0 Å². The Labute approximate surface area is 76.5 Å². The van der Waals surface area contributed by atoms with E-state index >= 15 is 0 Å². The van der Waals surface area contributed by atoms with Gasteiger partial charge in [0.05, 0.1) is 19.6 Å². The Morgan fingerprint density at radius 2 is 2.23 bits per heavy atom. The monoisotopic (exact) mass is 184 g/mol. The number of carbonyl (C=O) groups is 2. The molecule has 72 valence electrons. The fourth-order valence-corrected chi connectivity index (χ4v) is 1.12. The van der Waals surface area contributed by atoms with Gasteiger partial charge in [-0.2, -0.15) is 0 Å². The normalized spacial score (nSPS) is 19.8. The Morgan fingerprint density at radius 3 is 2.69 bits per heavy atom. The van der Waals surface area contributed by atoms with E-state index in [1.54, 1.807) is 13.0 Å². The maximum Gasteiger partial charge on any atom is 0.333 e. The molecule has 1 aliphatic carbocycles. The highest BCUT2D eigenvalue weighted by atomic mass is 16.5. The molecule has 4 nitrogen and oxygen atoms in total. The Morgan fingerprint density at radius 1 is 1.62 bits per heavy atom. The number of rotatable bonds is 3. The average molecular weight is 184 g/mol. The van der Waals surface area contributed by atoms with Gasteiger partial charge >= 0.3 is 11.9 Å². The molecule has 0 N–H and O–H groups in total. The molecule has 1 atom stereocenters. The number of methoxy groups -OCH3 is 1. The SMILES string of the molecule is CCOC(=O)C1=C[C@H](C(=O)OC)C1. The summed E-state index contributed by atoms with van der Waals surface area (Å²) in [6.45, 7) is 2.11. The molecule has 0 saturated heterocycles. The molecule has 0 unspecified atom stereocenters. The Balaban J connectivity index is 2.44. The van der Waals surface area contributed by atoms with Crippen LogP contribution in [0.2, 0.25) is 0 Å². The summed E-state index contributed by atoms with van der Waals surface area (Å²) >= 11 is 0. The van der Waals surface area contributed by atoms with E-state index in [2.05, 4.69) is 4.74 Å². The van der Waals surface area contributed by atoms with Crippen molar-refractivity contribution in [2.75, 3.05) is 13.7 Å². The zero-order valence-corrected chi connectivity index (χ0v) is 7.70. The predicted molar refractivity (Wildman–Crippen MR) is 44.8 cm³/mol. The minimum absolute atomic E-state index is 0.260. The molecule has 13 heavy (non-hydrogen) atoms. The Bertz CT molecular complexity index is 254. The molecule has 0 bridgehead atoms. The highest BCUT2D eigenvalue weighted by molar-refractivity contribution is 5.93. The van der Waals surface area contributed by atoms with Gasteiger partial charge in [-0.3, -0.25) is 4.79 Å². The van der Waals surface area contributed by atoms with Crippen molar-refractivity contribution in [1.82, 2.24) is 0 Å². The second-order valence-corrected chi connectivity index (χ2v) is 2.75. The third kappa shape index (κ3) is 2.08. The minimum atomic E-state index is -0.331. The molecule has 0 heterocycles. The molecule has 0 aromatic rings. The predicted octanol–water partition coefficient (Wildman–Crippen LogP) is 0.669. The lowest BCUT2D eigenvalue weighted by Gasteiger charge is -2.21. The summed E-state index contributed by atoms with van der Waals surface area (Å²) in [6.07, 6.45) is 2.02. The molecule has 4 heteroatoms. The molecular weight excluding hydrogens is 172 g/mol. The van der Waals surface area contributed by atoms with Crippen LogP contribution in [0, 0.1) is 5.92 Å². The van der Waals surface area contributed by atoms with Crippen molar-refractivity contribution in [1.29, 1.82) is 0 Å². The van der Waals surface area contributed by atoms with E-state index in [9.17, 15) is 9.59 Å². The Kier molecular flexibility index (Phi) is 3.06. The van der Waals surface area contributed by atoms with Gasteiger partial charge in [0.25, 0.3) is 0 Å². The fraction of sp³-hybridized carbons (Fsp3) is 0.556. The van der Waals surface area contributed by atoms with E-state index in [1.165, 1.54) is 7.11 Å². The highest BCUT2D eigenvalue weighted by Gasteiger charge is 2.31. The van der Waals surface area contributed by atoms with E-state index in [4.69, 9.17) is 4.74 Å². The summed E-state index contributed by atoms with van der Waals surface area (Å²) in [5, 5.41) is 0. The summed E-state index contributed by atoms with van der Waals surface area (Å²) in [7, 11) is 1.33. The van der Waals surface area contributed by atoms with Gasteiger partial charge in [-0.1, -0.05) is 6.08 Å². The van der Waals surface area contributed by atoms with Gasteiger partial charge in [0.2, 0.25) is 0 Å². The second-order valence-electron chi connectivity index (χ2n) is 2.75. The van der Waals surface area contributed by atoms with Crippen LogP contribution in [0.5, 0.6) is 0 Å². The van der Waals surface area contributed by atoms with Crippen LogP contribution < -0.4 is 0 Å². The van der Waals surface area contributed by atoms with Gasteiger partial charge in [-0.15, -0.1) is 0 Å². The topological polar surface area (TPSA) is 52.6 Å². The number of ether oxygens (including phenoxy) is 2. The van der Waals surface area contributed by atoms with Gasteiger partial charge < -0.3 is 9.47 Å². The van der Waals surface area contributed by atoms with E-state index in [1.807, 2.05) is 0 Å². The van der Waals surface area contributed by atoms with E-state index in [-0.39, 0.29) is 17.9 Å². The van der Waals surface area contributed by atoms with Crippen molar-refractivity contribution in [3.8, 4) is 0 Å². The molecule has 1 rings (SSSR count). The summed E-state index contributed by atoms with van der Waals surface area (Å²) in [4.78, 5) is 21.9. The van der Waals surface area contributed by atoms with Gasteiger partial charge in [0.15, 0.2) is 0 Å². The van der Waals surface area contributed by atoms with Gasteiger partial charge in [0, 0.05) is 5.57 Å². The fourth-order valence-electron chi connectivity index (χ4n) is 1.12. The first-order valence-corrected chi connectivity index (χ1v) is 4.14. The summed E-state index contributed by atoms with van der Waals surface area (Å²) in [5.41, 5.74) is 0.567. The van der Waals surface area contributed by atoms with E-state index in [0.29, 0.717) is 18.6 Å². The molecule has 1 aliphatic rings. The van der Waals surface area contributed by atoms with Crippen molar-refractivity contribution in [3.63, 3.8) is 0 Å². The number of esters is 2. The third-order valence-electron chi connectivity index (χ3n) is 1.88. The van der Waals surface area contributed by atoms with Crippen LogP contribution in [0.15, 0.2) is 11.6 Å². The first-order valence-electron chi connectivity index (χ1n) is 4.14. The van der Waals surface area contributed by atoms with Gasteiger partial charge in [-0.05, 0) is 13.3 Å². The quantitative estimate of drug-likeness (QED) is 0.605. The molecule has 0 aromatic carbocycles. The summed E-state index contributed by atoms with van der Waals surface area (Å²) < 4.78 is 9.25. The smallest absolute Gasteiger partial charge is 0.333 e. The van der Waals surface area contributed by atoms with Crippen LogP contribution >= 0.6 is 0 Å². The summed E-state index contributed by atoms with van der Waals surface area (Å²) in [5.74, 6) is -0.889. The highest BCUT2D eigenvalue weighted by Crippen LogP contribution is 2.27. The number of carbonyl (C=O) groups excluding carboxylic acids is 2. The first kappa shape index (κ1) is 9.77. The van der Waals surface area contributed by atoms with Crippen molar-refractivity contribution in [3.05, 3.63) is 11.6 Å². The van der Waals surface area contributed by atoms with Crippen LogP contribution in [0.3, 0.4) is 0 Å². The van der Waals surface area contributed by atoms with Crippen LogP contribution in [0.4, 0.5) is 0 Å². The lowest BCUT2D eigenvalue weighted by molar-refractivity contribution is -0.145. The van der Waals surface area contributed by atoms with Crippen molar-refractivity contribution < 1.29 is 19.1 Å². The molecule has 0 amide bonds. The maximum atomic E-state index is 11.0. The second kappa shape index (κ2) is 4.07. The molecule has 0 spiro atoms. The zero-order valence-electron chi connectivity index (χ0n) is 7.70. The van der Waals surface area contributed by atoms with Gasteiger partial charge in [0.1, 0.15) is 0 Å². The molecule has 0 saturated carbocycles. The lowest BCUT2D eigenvalue weighted by Crippen LogP contribution is -2.26. The van der Waals surface area contributed by atoms with Crippen LogP contribution in [-0.2, 0) is 19.1 Å². The standard InChI is InChI=1S/C9H12O4/c1-3-13-9(11)7-4-6(5-7)8(10)12-2/h4,6H,3,5H2,1-2H3/t6-/m0/s1. The molecular formula is C9H12O4. The molecule has 0 aliphatic heterocycles. The van der Waals surface area contributed by atoms with Gasteiger partial charge in [-0.25, -0.2) is 4.79 Å². The van der Waals surface area contributed by atoms with Crippen molar-refractivity contribution in [2.24, 2.45) is 5.92 Å². The number of hydrogen-bond donors (Lipinski definition) is 0. The zero-order chi connectivity index (χ0) is 9.84. The van der Waals surface area contributed by atoms with Crippen LogP contribution in [0.1, 0.15) is 13.3 Å². The average Bonchev–Trinajstić information content (AvgIpc) is 2.01. The minimum Gasteiger partial charge on any atom is -0.469 e. The van der Waals surface area contributed by atoms with E-state index < -0.39 is 0 Å². The molecule has 0 fully saturated rings. The van der Waals surface area contributed by atoms with Crippen molar-refractivity contribution in [2.45, 2.75) is 13.3 Å². The number of hydrogen-bond acceptors (Lipinski definition) is 4. The largest absolute Gasteiger partial charge is 0.469 e.